The Bertz CT molecular complexity index is 2000. The average molecular weight is 881 g/mol. The van der Waals surface area contributed by atoms with E-state index in [0.717, 1.165) is 16.7 Å². The number of ether oxygens (including phenoxy) is 8. The van der Waals surface area contributed by atoms with Gasteiger partial charge in [-0.1, -0.05) is 154 Å². The molecule has 338 valence electrons. The highest BCUT2D eigenvalue weighted by atomic mass is 28.4. The van der Waals surface area contributed by atoms with E-state index in [1.165, 1.54) is 19.3 Å². The molecule has 0 radical (unpaired) electrons. The third kappa shape index (κ3) is 14.6. The summed E-state index contributed by atoms with van der Waals surface area (Å²) in [6, 6.07) is 38.7. The van der Waals surface area contributed by atoms with Crippen molar-refractivity contribution in [3.05, 3.63) is 168 Å². The Hall–Kier alpha value is -4.76. The Balaban J connectivity index is 1.58. The van der Waals surface area contributed by atoms with Gasteiger partial charge in [0.05, 0.1) is 26.4 Å². The van der Waals surface area contributed by atoms with Crippen LogP contribution in [0.4, 0.5) is 0 Å². The van der Waals surface area contributed by atoms with Gasteiger partial charge in [-0.15, -0.1) is 0 Å². The van der Waals surface area contributed by atoms with Crippen LogP contribution < -0.4 is 0 Å². The first-order valence-electron chi connectivity index (χ1n) is 21.5. The molecule has 1 fully saturated rings. The largest absolute Gasteiger partial charge is 0.463 e. The maximum atomic E-state index is 14.1. The summed E-state index contributed by atoms with van der Waals surface area (Å²) in [7, 11) is 0.398. The van der Waals surface area contributed by atoms with Crippen molar-refractivity contribution in [2.24, 2.45) is 0 Å². The molecule has 0 aromatic heterocycles. The molecule has 1 saturated heterocycles. The standard InChI is InChI=1S/C51H64O11Si/c1-9-56-44(52)33-32-41(60-49(53)45(54-5)40-28-20-13-21-29-40)42(62-63(7,8)51(2,3)4)30-31-43-46(57-34-37-22-14-10-15-23-37)47(58-35-38-24-16-11-17-25-38)48(50(55-6)61-43)59-36-39-26-18-12-19-27-39/h10-33,41-43,45-48,50H,9,34-36H2,1-8H3/b31-30+,33-32+/t41-,42-,43-,45+,46-,47+,48-,50+/m1/s1. The van der Waals surface area contributed by atoms with Gasteiger partial charge in [0, 0.05) is 20.3 Å². The van der Waals surface area contributed by atoms with E-state index in [4.69, 9.17) is 42.3 Å². The third-order valence-electron chi connectivity index (χ3n) is 11.2. The molecule has 0 N–H and O–H groups in total. The predicted octanol–water partition coefficient (Wildman–Crippen LogP) is 9.48. The maximum Gasteiger partial charge on any atom is 0.340 e. The molecule has 1 aliphatic heterocycles. The van der Waals surface area contributed by atoms with E-state index in [1.807, 2.05) is 121 Å². The summed E-state index contributed by atoms with van der Waals surface area (Å²) in [5.74, 6) is -1.25. The third-order valence-corrected chi connectivity index (χ3v) is 15.7. The second-order valence-corrected chi connectivity index (χ2v) is 21.5. The lowest BCUT2D eigenvalue weighted by atomic mass is 9.96. The molecule has 11 nitrogen and oxygen atoms in total. The van der Waals surface area contributed by atoms with Crippen LogP contribution in [0.5, 0.6) is 0 Å². The zero-order chi connectivity index (χ0) is 45.2. The van der Waals surface area contributed by atoms with Crippen LogP contribution in [0.2, 0.25) is 18.1 Å². The number of benzene rings is 4. The fourth-order valence-electron chi connectivity index (χ4n) is 6.76. The minimum atomic E-state index is -2.62. The zero-order valence-corrected chi connectivity index (χ0v) is 38.8. The molecule has 4 aromatic rings. The van der Waals surface area contributed by atoms with Gasteiger partial charge in [0.1, 0.15) is 36.6 Å². The van der Waals surface area contributed by atoms with Crippen molar-refractivity contribution in [3.63, 3.8) is 0 Å². The monoisotopic (exact) mass is 880 g/mol. The molecule has 0 unspecified atom stereocenters. The fourth-order valence-corrected chi connectivity index (χ4v) is 8.01. The average Bonchev–Trinajstić information content (AvgIpc) is 3.28. The zero-order valence-electron chi connectivity index (χ0n) is 37.8. The van der Waals surface area contributed by atoms with Crippen LogP contribution in [0.3, 0.4) is 0 Å². The molecule has 0 amide bonds. The molecule has 1 aliphatic rings. The molecule has 12 heteroatoms. The number of hydrogen-bond acceptors (Lipinski definition) is 11. The lowest BCUT2D eigenvalue weighted by Crippen LogP contribution is -2.60. The van der Waals surface area contributed by atoms with Crippen LogP contribution in [0.15, 0.2) is 146 Å². The molecule has 4 aromatic carbocycles. The Labute approximate surface area is 374 Å². The van der Waals surface area contributed by atoms with E-state index in [9.17, 15) is 9.59 Å². The van der Waals surface area contributed by atoms with Gasteiger partial charge in [-0.2, -0.15) is 0 Å². The quantitative estimate of drug-likeness (QED) is 0.0325. The lowest BCUT2D eigenvalue weighted by molar-refractivity contribution is -0.309. The van der Waals surface area contributed by atoms with Crippen LogP contribution in [0.25, 0.3) is 0 Å². The summed E-state index contributed by atoms with van der Waals surface area (Å²) in [5.41, 5.74) is 3.52. The van der Waals surface area contributed by atoms with E-state index in [2.05, 4.69) is 33.9 Å². The molecule has 0 aliphatic carbocycles. The molecular formula is C51H64O11Si. The molecule has 0 saturated carbocycles. The molecular weight excluding hydrogens is 817 g/mol. The molecule has 5 rings (SSSR count). The van der Waals surface area contributed by atoms with Crippen molar-refractivity contribution < 1.29 is 51.9 Å². The first-order chi connectivity index (χ1) is 30.3. The molecule has 8 atom stereocenters. The second kappa shape index (κ2) is 24.3. The Morgan fingerprint density at radius 3 is 1.65 bits per heavy atom. The van der Waals surface area contributed by atoms with Gasteiger partial charge in [-0.3, -0.25) is 0 Å². The van der Waals surface area contributed by atoms with Crippen LogP contribution in [-0.2, 0) is 71.7 Å². The fraction of sp³-hybridized carbons (Fsp3) is 0.412. The molecule has 0 bridgehead atoms. The summed E-state index contributed by atoms with van der Waals surface area (Å²) < 4.78 is 57.3. The predicted molar refractivity (Wildman–Crippen MR) is 244 cm³/mol. The first kappa shape index (κ1) is 49.3. The highest BCUT2D eigenvalue weighted by Gasteiger charge is 2.48. The molecule has 1 heterocycles. The number of carbonyl (C=O) groups is 2. The summed E-state index contributed by atoms with van der Waals surface area (Å²) >= 11 is 0. The Kier molecular flexibility index (Phi) is 19.0. The van der Waals surface area contributed by atoms with Crippen molar-refractivity contribution in [2.75, 3.05) is 20.8 Å². The van der Waals surface area contributed by atoms with Gasteiger partial charge < -0.3 is 42.3 Å². The maximum absolute atomic E-state index is 14.1. The Morgan fingerprint density at radius 2 is 1.17 bits per heavy atom. The van der Waals surface area contributed by atoms with Crippen LogP contribution in [0.1, 0.15) is 56.1 Å². The highest BCUT2D eigenvalue weighted by molar-refractivity contribution is 6.74. The van der Waals surface area contributed by atoms with Crippen molar-refractivity contribution >= 4 is 20.3 Å². The van der Waals surface area contributed by atoms with Gasteiger partial charge in [0.2, 0.25) is 0 Å². The summed E-state index contributed by atoms with van der Waals surface area (Å²) in [6.45, 7) is 13.3. The van der Waals surface area contributed by atoms with Gasteiger partial charge in [0.15, 0.2) is 20.7 Å². The van der Waals surface area contributed by atoms with E-state index in [1.54, 1.807) is 26.2 Å². The number of rotatable bonds is 22. The number of esters is 2. The van der Waals surface area contributed by atoms with Crippen molar-refractivity contribution in [3.8, 4) is 0 Å². The first-order valence-corrected chi connectivity index (χ1v) is 24.4. The normalized spacial score (nSPS) is 20.9. The molecule has 63 heavy (non-hydrogen) atoms. The topological polar surface area (TPSA) is 117 Å². The van der Waals surface area contributed by atoms with Crippen LogP contribution >= 0.6 is 0 Å². The van der Waals surface area contributed by atoms with E-state index in [-0.39, 0.29) is 31.5 Å². The minimum Gasteiger partial charge on any atom is -0.463 e. The van der Waals surface area contributed by atoms with Crippen LogP contribution in [0, 0.1) is 0 Å². The lowest BCUT2D eigenvalue weighted by Gasteiger charge is -2.45. The van der Waals surface area contributed by atoms with Gasteiger partial charge >= 0.3 is 11.9 Å². The van der Waals surface area contributed by atoms with Crippen molar-refractivity contribution in [2.45, 2.75) is 115 Å². The number of hydrogen-bond donors (Lipinski definition) is 0. The summed E-state index contributed by atoms with van der Waals surface area (Å²) in [4.78, 5) is 26.8. The Morgan fingerprint density at radius 1 is 0.683 bits per heavy atom. The van der Waals surface area contributed by atoms with Crippen molar-refractivity contribution in [1.82, 2.24) is 0 Å². The van der Waals surface area contributed by atoms with Gasteiger partial charge in [-0.25, -0.2) is 9.59 Å². The number of carbonyl (C=O) groups excluding carboxylic acids is 2. The minimum absolute atomic E-state index is 0.171. The summed E-state index contributed by atoms with van der Waals surface area (Å²) in [5, 5.41) is -0.249. The number of methoxy groups -OCH3 is 2. The van der Waals surface area contributed by atoms with E-state index >= 15 is 0 Å². The highest BCUT2D eigenvalue weighted by Crippen LogP contribution is 2.39. The van der Waals surface area contributed by atoms with Gasteiger partial charge in [-0.05, 0) is 53.4 Å². The summed E-state index contributed by atoms with van der Waals surface area (Å²) in [6.07, 6.45) is -0.472. The SMILES string of the molecule is CCOC(=O)/C=C/[C@@H](OC(=O)[C@@H](OC)c1ccccc1)[C@@H](/C=C/[C@H]1O[C@H](OC)[C@H](OCc2ccccc2)[C@@H](OCc2ccccc2)[C@@H]1OCc1ccccc1)O[Si](C)(C)C(C)(C)C. The second-order valence-electron chi connectivity index (χ2n) is 16.8. The van der Waals surface area contributed by atoms with Crippen LogP contribution in [-0.4, -0.2) is 84.0 Å². The van der Waals surface area contributed by atoms with Crippen molar-refractivity contribution in [1.29, 1.82) is 0 Å². The smallest absolute Gasteiger partial charge is 0.340 e. The van der Waals surface area contributed by atoms with Gasteiger partial charge in [0.25, 0.3) is 0 Å². The van der Waals surface area contributed by atoms with E-state index in [0.29, 0.717) is 5.56 Å². The molecule has 0 spiro atoms. The van der Waals surface area contributed by atoms with E-state index < -0.39 is 69.3 Å².